The third kappa shape index (κ3) is 2.83. The average molecular weight is 287 g/mol. The highest BCUT2D eigenvalue weighted by atomic mass is 19.4. The van der Waals surface area contributed by atoms with Gasteiger partial charge in [-0.2, -0.15) is 13.2 Å². The second kappa shape index (κ2) is 5.64. The Balaban J connectivity index is 2.36. The minimum absolute atomic E-state index is 0.312. The van der Waals surface area contributed by atoms with Crippen molar-refractivity contribution >= 4 is 0 Å². The topological polar surface area (TPSA) is 44.5 Å². The molecule has 1 aromatic carbocycles. The van der Waals surface area contributed by atoms with E-state index in [2.05, 4.69) is 4.98 Å². The number of rotatable bonds is 4. The lowest BCUT2D eigenvalue weighted by atomic mass is 10.1. The van der Waals surface area contributed by atoms with E-state index < -0.39 is 18.0 Å². The fourth-order valence-corrected chi connectivity index (χ4v) is 1.77. The summed E-state index contributed by atoms with van der Waals surface area (Å²) in [5.41, 5.74) is 0.108. The van der Waals surface area contributed by atoms with Gasteiger partial charge in [-0.15, -0.1) is 0 Å². The second-order valence-corrected chi connectivity index (χ2v) is 3.95. The summed E-state index contributed by atoms with van der Waals surface area (Å²) in [6.07, 6.45) is -3.93. The molecule has 2 aromatic rings. The highest BCUT2D eigenvalue weighted by molar-refractivity contribution is 5.60. The smallest absolute Gasteiger partial charge is 0.416 e. The maximum atomic E-state index is 12.5. The largest absolute Gasteiger partial charge is 0.443 e. The second-order valence-electron chi connectivity index (χ2n) is 3.95. The standard InChI is InChI=1S/C13H12F3NO3/c1-18-12(19-2)10-11(20-7-17-10)8-3-5-9(6-4-8)13(14,15)16/h3-7,12H,1-2H3. The maximum absolute atomic E-state index is 12.5. The van der Waals surface area contributed by atoms with Crippen LogP contribution in [0.3, 0.4) is 0 Å². The number of benzene rings is 1. The normalized spacial score (nSPS) is 12.1. The van der Waals surface area contributed by atoms with Gasteiger partial charge < -0.3 is 13.9 Å². The summed E-state index contributed by atoms with van der Waals surface area (Å²) in [6.45, 7) is 0. The zero-order valence-electron chi connectivity index (χ0n) is 10.8. The molecule has 0 amide bonds. The Labute approximate surface area is 113 Å². The Morgan fingerprint density at radius 3 is 2.20 bits per heavy atom. The molecule has 0 atom stereocenters. The first-order valence-electron chi connectivity index (χ1n) is 5.64. The molecule has 0 unspecified atom stereocenters. The Kier molecular flexibility index (Phi) is 4.10. The van der Waals surface area contributed by atoms with Crippen molar-refractivity contribution in [1.29, 1.82) is 0 Å². The third-order valence-electron chi connectivity index (χ3n) is 2.72. The van der Waals surface area contributed by atoms with Crippen molar-refractivity contribution in [3.63, 3.8) is 0 Å². The highest BCUT2D eigenvalue weighted by Gasteiger charge is 2.30. The summed E-state index contributed by atoms with van der Waals surface area (Å²) in [5, 5.41) is 0. The van der Waals surface area contributed by atoms with Crippen LogP contribution in [-0.2, 0) is 15.7 Å². The van der Waals surface area contributed by atoms with Crippen LogP contribution in [0.25, 0.3) is 11.3 Å². The van der Waals surface area contributed by atoms with E-state index in [0.717, 1.165) is 12.1 Å². The molecule has 0 aliphatic rings. The summed E-state index contributed by atoms with van der Waals surface area (Å²) in [7, 11) is 2.86. The number of ether oxygens (including phenoxy) is 2. The molecule has 0 saturated heterocycles. The monoisotopic (exact) mass is 287 g/mol. The molecule has 0 aliphatic carbocycles. The minimum Gasteiger partial charge on any atom is -0.443 e. The molecular weight excluding hydrogens is 275 g/mol. The fourth-order valence-electron chi connectivity index (χ4n) is 1.77. The van der Waals surface area contributed by atoms with Crippen LogP contribution in [0, 0.1) is 0 Å². The summed E-state index contributed by atoms with van der Waals surface area (Å²) >= 11 is 0. The van der Waals surface area contributed by atoms with Crippen LogP contribution in [0.5, 0.6) is 0 Å². The average Bonchev–Trinajstić information content (AvgIpc) is 2.89. The quantitative estimate of drug-likeness (QED) is 0.805. The zero-order valence-corrected chi connectivity index (χ0v) is 10.8. The molecule has 0 spiro atoms. The van der Waals surface area contributed by atoms with Crippen molar-refractivity contribution in [2.45, 2.75) is 12.5 Å². The van der Waals surface area contributed by atoms with Gasteiger partial charge in [0, 0.05) is 19.8 Å². The van der Waals surface area contributed by atoms with Crippen LogP contribution in [-0.4, -0.2) is 19.2 Å². The maximum Gasteiger partial charge on any atom is 0.416 e. The van der Waals surface area contributed by atoms with Crippen molar-refractivity contribution in [3.05, 3.63) is 41.9 Å². The number of aromatic nitrogens is 1. The van der Waals surface area contributed by atoms with E-state index in [1.807, 2.05) is 0 Å². The first-order chi connectivity index (χ1) is 9.47. The van der Waals surface area contributed by atoms with Crippen LogP contribution < -0.4 is 0 Å². The molecule has 1 heterocycles. The van der Waals surface area contributed by atoms with E-state index in [1.165, 1.54) is 32.7 Å². The number of hydrogen-bond acceptors (Lipinski definition) is 4. The summed E-state index contributed by atoms with van der Waals surface area (Å²) < 4.78 is 52.8. The molecule has 0 bridgehead atoms. The highest BCUT2D eigenvalue weighted by Crippen LogP contribution is 2.33. The summed E-state index contributed by atoms with van der Waals surface area (Å²) in [4.78, 5) is 3.97. The van der Waals surface area contributed by atoms with Gasteiger partial charge in [0.1, 0.15) is 5.69 Å². The van der Waals surface area contributed by atoms with Crippen molar-refractivity contribution in [2.75, 3.05) is 14.2 Å². The summed E-state index contributed by atoms with van der Waals surface area (Å²) in [6, 6.07) is 4.59. The zero-order chi connectivity index (χ0) is 14.8. The van der Waals surface area contributed by atoms with Gasteiger partial charge in [-0.3, -0.25) is 0 Å². The van der Waals surface area contributed by atoms with Gasteiger partial charge in [0.15, 0.2) is 12.2 Å². The molecule has 2 rings (SSSR count). The van der Waals surface area contributed by atoms with Crippen LogP contribution >= 0.6 is 0 Å². The Morgan fingerprint density at radius 2 is 1.70 bits per heavy atom. The van der Waals surface area contributed by atoms with Gasteiger partial charge in [0.05, 0.1) is 5.56 Å². The van der Waals surface area contributed by atoms with E-state index in [-0.39, 0.29) is 0 Å². The Morgan fingerprint density at radius 1 is 1.10 bits per heavy atom. The van der Waals surface area contributed by atoms with E-state index in [9.17, 15) is 13.2 Å². The molecule has 0 N–H and O–H groups in total. The summed E-state index contributed by atoms with van der Waals surface area (Å²) in [5.74, 6) is 0.312. The van der Waals surface area contributed by atoms with Crippen LogP contribution in [0.2, 0.25) is 0 Å². The number of hydrogen-bond donors (Lipinski definition) is 0. The minimum atomic E-state index is -4.37. The van der Waals surface area contributed by atoms with E-state index >= 15 is 0 Å². The molecule has 1 aromatic heterocycles. The van der Waals surface area contributed by atoms with Crippen molar-refractivity contribution in [3.8, 4) is 11.3 Å². The molecule has 108 valence electrons. The third-order valence-corrected chi connectivity index (χ3v) is 2.72. The SMILES string of the molecule is COC(OC)c1ncoc1-c1ccc(C(F)(F)F)cc1. The number of oxazole rings is 1. The molecule has 0 saturated carbocycles. The lowest BCUT2D eigenvalue weighted by molar-refractivity contribution is -0.137. The van der Waals surface area contributed by atoms with Crippen molar-refractivity contribution in [1.82, 2.24) is 4.98 Å². The van der Waals surface area contributed by atoms with E-state index in [0.29, 0.717) is 17.0 Å². The van der Waals surface area contributed by atoms with Crippen molar-refractivity contribution < 1.29 is 27.1 Å². The van der Waals surface area contributed by atoms with Crippen molar-refractivity contribution in [2.24, 2.45) is 0 Å². The molecule has 0 radical (unpaired) electrons. The van der Waals surface area contributed by atoms with Gasteiger partial charge in [-0.25, -0.2) is 4.98 Å². The predicted molar refractivity (Wildman–Crippen MR) is 63.7 cm³/mol. The number of alkyl halides is 3. The number of methoxy groups -OCH3 is 2. The molecule has 4 nitrogen and oxygen atoms in total. The lowest BCUT2D eigenvalue weighted by Gasteiger charge is -2.12. The van der Waals surface area contributed by atoms with Gasteiger partial charge in [0.25, 0.3) is 0 Å². The first-order valence-corrected chi connectivity index (χ1v) is 5.64. The van der Waals surface area contributed by atoms with Gasteiger partial charge in [0.2, 0.25) is 6.29 Å². The van der Waals surface area contributed by atoms with Crippen LogP contribution in [0.15, 0.2) is 35.1 Å². The molecule has 0 aliphatic heterocycles. The molecule has 7 heteroatoms. The Hall–Kier alpha value is -1.86. The predicted octanol–water partition coefficient (Wildman–Crippen LogP) is 3.65. The van der Waals surface area contributed by atoms with Crippen LogP contribution in [0.4, 0.5) is 13.2 Å². The fraction of sp³-hybridized carbons (Fsp3) is 0.308. The number of halogens is 3. The van der Waals surface area contributed by atoms with Gasteiger partial charge in [-0.1, -0.05) is 12.1 Å². The molecule has 20 heavy (non-hydrogen) atoms. The molecular formula is C13H12F3NO3. The van der Waals surface area contributed by atoms with Gasteiger partial charge >= 0.3 is 6.18 Å². The lowest BCUT2D eigenvalue weighted by Crippen LogP contribution is -2.06. The molecule has 0 fully saturated rings. The van der Waals surface area contributed by atoms with Crippen LogP contribution in [0.1, 0.15) is 17.5 Å². The number of nitrogens with zero attached hydrogens (tertiary/aromatic N) is 1. The first kappa shape index (κ1) is 14.5. The van der Waals surface area contributed by atoms with Gasteiger partial charge in [-0.05, 0) is 12.1 Å². The van der Waals surface area contributed by atoms with E-state index in [4.69, 9.17) is 13.9 Å². The Bertz CT molecular complexity index is 559. The van der Waals surface area contributed by atoms with E-state index in [1.54, 1.807) is 0 Å².